The molecule has 0 aliphatic carbocycles. The molecule has 2 aromatic heterocycles. The number of anilines is 1. The topological polar surface area (TPSA) is 65.8 Å². The molecule has 3 heterocycles. The zero-order valence-corrected chi connectivity index (χ0v) is 17.7. The monoisotopic (exact) mass is 437 g/mol. The van der Waals surface area contributed by atoms with Crippen LogP contribution < -0.4 is 10.3 Å². The van der Waals surface area contributed by atoms with E-state index in [4.69, 9.17) is 0 Å². The van der Waals surface area contributed by atoms with Crippen LogP contribution in [0.5, 0.6) is 0 Å². The molecule has 5 rings (SSSR count). The molecule has 1 N–H and O–H groups in total. The van der Waals surface area contributed by atoms with Crippen LogP contribution in [0.4, 0.5) is 10.1 Å². The largest absolute Gasteiger partial charge is 0.477 e. The summed E-state index contributed by atoms with van der Waals surface area (Å²) < 4.78 is 16.4. The minimum absolute atomic E-state index is 0.303. The Morgan fingerprint density at radius 3 is 2.39 bits per heavy atom. The van der Waals surface area contributed by atoms with Gasteiger partial charge in [0.05, 0.1) is 5.52 Å². The fraction of sp³-hybridized carbons (Fsp3) is 0.217. The number of benzene rings is 2. The fourth-order valence-corrected chi connectivity index (χ4v) is 5.24. The number of nitrogens with zero attached hydrogens (tertiary/aromatic N) is 3. The Hall–Kier alpha value is -3.23. The number of hydrogen-bond acceptors (Lipinski definition) is 5. The molecule has 4 aromatic rings. The van der Waals surface area contributed by atoms with Gasteiger partial charge in [-0.15, -0.1) is 11.3 Å². The van der Waals surface area contributed by atoms with Crippen LogP contribution in [0, 0.1) is 5.82 Å². The lowest BCUT2D eigenvalue weighted by molar-refractivity contribution is 0.0695. The molecule has 0 atom stereocenters. The van der Waals surface area contributed by atoms with Crippen molar-refractivity contribution in [3.05, 3.63) is 70.3 Å². The summed E-state index contributed by atoms with van der Waals surface area (Å²) in [6, 6.07) is 11.9. The number of aromatic carboxylic acids is 1. The maximum absolute atomic E-state index is 13.5. The Morgan fingerprint density at radius 2 is 1.71 bits per heavy atom. The normalized spacial score (nSPS) is 15.1. The van der Waals surface area contributed by atoms with Gasteiger partial charge in [0.15, 0.2) is 0 Å². The summed E-state index contributed by atoms with van der Waals surface area (Å²) in [5.41, 5.74) is 1.53. The summed E-state index contributed by atoms with van der Waals surface area (Å²) in [5, 5.41) is 10.4. The van der Waals surface area contributed by atoms with E-state index in [0.717, 1.165) is 42.0 Å². The minimum Gasteiger partial charge on any atom is -0.477 e. The van der Waals surface area contributed by atoms with Gasteiger partial charge in [-0.1, -0.05) is 0 Å². The smallest absolute Gasteiger partial charge is 0.341 e. The number of halogens is 1. The molecule has 0 unspecified atom stereocenters. The van der Waals surface area contributed by atoms with E-state index >= 15 is 0 Å². The predicted octanol–water partition coefficient (Wildman–Crippen LogP) is 3.79. The van der Waals surface area contributed by atoms with E-state index in [9.17, 15) is 19.1 Å². The first-order valence-electron chi connectivity index (χ1n) is 9.97. The Balaban J connectivity index is 1.74. The van der Waals surface area contributed by atoms with Gasteiger partial charge in [0.1, 0.15) is 16.1 Å². The van der Waals surface area contributed by atoms with Crippen molar-refractivity contribution in [1.29, 1.82) is 0 Å². The standard InChI is InChI=1S/C23H20FN3O3S/c1-25-8-10-26(11-9-25)16-6-7-17-19(12-16)31-22-20(17)27(13-18(21(22)28)23(29)30)15-4-2-14(24)3-5-15/h2-7,12-13H,8-11H2,1H3,(H,29,30). The van der Waals surface area contributed by atoms with Gasteiger partial charge in [0, 0.05) is 53.8 Å². The van der Waals surface area contributed by atoms with Gasteiger partial charge in [-0.3, -0.25) is 4.79 Å². The van der Waals surface area contributed by atoms with Crippen LogP contribution in [-0.2, 0) is 0 Å². The van der Waals surface area contributed by atoms with E-state index in [1.54, 1.807) is 16.7 Å². The van der Waals surface area contributed by atoms with E-state index in [1.807, 2.05) is 12.1 Å². The number of fused-ring (bicyclic) bond motifs is 3. The van der Waals surface area contributed by atoms with Crippen molar-refractivity contribution in [2.45, 2.75) is 0 Å². The molecule has 158 valence electrons. The average molecular weight is 437 g/mol. The van der Waals surface area contributed by atoms with Crippen LogP contribution in [0.25, 0.3) is 26.0 Å². The predicted molar refractivity (Wildman–Crippen MR) is 122 cm³/mol. The number of aromatic nitrogens is 1. The molecule has 0 radical (unpaired) electrons. The van der Waals surface area contributed by atoms with Crippen molar-refractivity contribution in [2.75, 3.05) is 38.1 Å². The molecular formula is C23H20FN3O3S. The van der Waals surface area contributed by atoms with Crippen LogP contribution in [0.15, 0.2) is 53.5 Å². The Kier molecular flexibility index (Phi) is 4.75. The maximum Gasteiger partial charge on any atom is 0.341 e. The summed E-state index contributed by atoms with van der Waals surface area (Å²) >= 11 is 1.30. The first kappa shape index (κ1) is 19.7. The number of pyridine rings is 1. The van der Waals surface area contributed by atoms with Gasteiger partial charge in [0.25, 0.3) is 0 Å². The number of piperazine rings is 1. The second kappa shape index (κ2) is 7.47. The number of likely N-dealkylation sites (N-methyl/N-ethyl adjacent to an activating group) is 1. The van der Waals surface area contributed by atoms with E-state index in [2.05, 4.69) is 22.9 Å². The van der Waals surface area contributed by atoms with Gasteiger partial charge in [-0.2, -0.15) is 0 Å². The molecule has 1 fully saturated rings. The number of hydrogen-bond donors (Lipinski definition) is 1. The second-order valence-corrected chi connectivity index (χ2v) is 8.83. The third kappa shape index (κ3) is 3.37. The van der Waals surface area contributed by atoms with Crippen LogP contribution in [0.1, 0.15) is 10.4 Å². The first-order valence-corrected chi connectivity index (χ1v) is 10.8. The van der Waals surface area contributed by atoms with Crippen molar-refractivity contribution < 1.29 is 14.3 Å². The molecule has 0 amide bonds. The van der Waals surface area contributed by atoms with E-state index in [1.165, 1.54) is 29.7 Å². The van der Waals surface area contributed by atoms with E-state index in [-0.39, 0.29) is 11.4 Å². The van der Waals surface area contributed by atoms with Gasteiger partial charge < -0.3 is 19.5 Å². The third-order valence-corrected chi connectivity index (χ3v) is 6.94. The van der Waals surface area contributed by atoms with Crippen molar-refractivity contribution in [3.8, 4) is 5.69 Å². The van der Waals surface area contributed by atoms with Gasteiger partial charge in [0.2, 0.25) is 5.43 Å². The maximum atomic E-state index is 13.5. The quantitative estimate of drug-likeness (QED) is 0.528. The number of carboxylic acid groups (broad SMARTS) is 1. The Bertz CT molecular complexity index is 1370. The SMILES string of the molecule is CN1CCN(c2ccc3c(c2)sc2c(=O)c(C(=O)O)cn(-c4ccc(F)cc4)c23)CC1. The lowest BCUT2D eigenvalue weighted by Crippen LogP contribution is -2.44. The molecule has 1 saturated heterocycles. The highest BCUT2D eigenvalue weighted by molar-refractivity contribution is 7.25. The third-order valence-electron chi connectivity index (χ3n) is 5.80. The van der Waals surface area contributed by atoms with Crippen LogP contribution in [0.3, 0.4) is 0 Å². The Labute approximate surface area is 181 Å². The number of carboxylic acids is 1. The van der Waals surface area contributed by atoms with Gasteiger partial charge >= 0.3 is 5.97 Å². The average Bonchev–Trinajstić information content (AvgIpc) is 3.14. The van der Waals surface area contributed by atoms with Crippen LogP contribution in [-0.4, -0.2) is 53.8 Å². The van der Waals surface area contributed by atoms with Crippen molar-refractivity contribution in [3.63, 3.8) is 0 Å². The minimum atomic E-state index is -1.28. The summed E-state index contributed by atoms with van der Waals surface area (Å²) in [6.07, 6.45) is 1.33. The highest BCUT2D eigenvalue weighted by Gasteiger charge is 2.21. The first-order chi connectivity index (χ1) is 14.9. The number of thiophene rings is 1. The lowest BCUT2D eigenvalue weighted by atomic mass is 10.1. The molecule has 8 heteroatoms. The van der Waals surface area contributed by atoms with Crippen molar-refractivity contribution in [2.24, 2.45) is 0 Å². The fourth-order valence-electron chi connectivity index (χ4n) is 4.06. The van der Waals surface area contributed by atoms with Gasteiger partial charge in [-0.05, 0) is 49.5 Å². The van der Waals surface area contributed by atoms with E-state index in [0.29, 0.717) is 15.9 Å². The summed E-state index contributed by atoms with van der Waals surface area (Å²) in [7, 11) is 2.11. The molecule has 0 bridgehead atoms. The molecule has 1 aliphatic heterocycles. The summed E-state index contributed by atoms with van der Waals surface area (Å²) in [6.45, 7) is 3.83. The molecular weight excluding hydrogens is 417 g/mol. The second-order valence-electron chi connectivity index (χ2n) is 7.77. The molecule has 31 heavy (non-hydrogen) atoms. The van der Waals surface area contributed by atoms with Crippen molar-refractivity contribution >= 4 is 43.3 Å². The molecule has 1 aliphatic rings. The molecule has 2 aromatic carbocycles. The number of rotatable bonds is 3. The molecule has 6 nitrogen and oxygen atoms in total. The zero-order valence-electron chi connectivity index (χ0n) is 16.8. The van der Waals surface area contributed by atoms with Crippen LogP contribution in [0.2, 0.25) is 0 Å². The summed E-state index contributed by atoms with van der Waals surface area (Å²) in [5.74, 6) is -1.66. The van der Waals surface area contributed by atoms with Crippen LogP contribution >= 0.6 is 11.3 Å². The highest BCUT2D eigenvalue weighted by atomic mass is 32.1. The zero-order chi connectivity index (χ0) is 21.7. The molecule has 0 saturated carbocycles. The lowest BCUT2D eigenvalue weighted by Gasteiger charge is -2.34. The van der Waals surface area contributed by atoms with Gasteiger partial charge in [-0.25, -0.2) is 9.18 Å². The van der Waals surface area contributed by atoms with Crippen molar-refractivity contribution in [1.82, 2.24) is 9.47 Å². The summed E-state index contributed by atoms with van der Waals surface area (Å²) in [4.78, 5) is 29.3. The number of carbonyl (C=O) groups is 1. The van der Waals surface area contributed by atoms with E-state index < -0.39 is 11.4 Å². The molecule has 0 spiro atoms. The highest BCUT2D eigenvalue weighted by Crippen LogP contribution is 2.36. The Morgan fingerprint density at radius 1 is 1.03 bits per heavy atom.